The van der Waals surface area contributed by atoms with Crippen LogP contribution in [0.5, 0.6) is 0 Å². The summed E-state index contributed by atoms with van der Waals surface area (Å²) >= 11 is 5.96. The predicted molar refractivity (Wildman–Crippen MR) is 53.0 cm³/mol. The van der Waals surface area contributed by atoms with Crippen LogP contribution >= 0.6 is 11.6 Å². The molecule has 1 aromatic heterocycles. The second-order valence-corrected chi connectivity index (χ2v) is 3.93. The molecule has 0 atom stereocenters. The summed E-state index contributed by atoms with van der Waals surface area (Å²) < 4.78 is 15.3. The average molecular weight is 211 g/mol. The van der Waals surface area contributed by atoms with E-state index in [9.17, 15) is 4.39 Å². The van der Waals surface area contributed by atoms with Crippen molar-refractivity contribution >= 4 is 22.6 Å². The molecule has 1 fully saturated rings. The van der Waals surface area contributed by atoms with E-state index in [0.29, 0.717) is 22.4 Å². The molecule has 0 bridgehead atoms. The lowest BCUT2D eigenvalue weighted by Crippen LogP contribution is -1.95. The zero-order valence-corrected chi connectivity index (χ0v) is 8.13. The summed E-state index contributed by atoms with van der Waals surface area (Å²) in [5.41, 5.74) is 1.18. The molecular weight excluding hydrogens is 203 g/mol. The molecule has 2 nitrogen and oxygen atoms in total. The first-order valence-corrected chi connectivity index (χ1v) is 4.97. The topological polar surface area (TPSA) is 17.8 Å². The van der Waals surface area contributed by atoms with Gasteiger partial charge in [0.2, 0.25) is 5.28 Å². The minimum atomic E-state index is -0.242. The van der Waals surface area contributed by atoms with Crippen LogP contribution in [-0.4, -0.2) is 9.55 Å². The van der Waals surface area contributed by atoms with Crippen molar-refractivity contribution in [1.82, 2.24) is 9.55 Å². The van der Waals surface area contributed by atoms with Crippen molar-refractivity contribution in [1.29, 1.82) is 0 Å². The number of aromatic nitrogens is 2. The molecule has 1 saturated carbocycles. The Kier molecular flexibility index (Phi) is 1.59. The van der Waals surface area contributed by atoms with Gasteiger partial charge in [-0.05, 0) is 36.6 Å². The van der Waals surface area contributed by atoms with Gasteiger partial charge in [-0.3, -0.25) is 0 Å². The maximum Gasteiger partial charge on any atom is 0.204 e. The maximum atomic E-state index is 13.5. The average Bonchev–Trinajstić information content (AvgIpc) is 2.90. The van der Waals surface area contributed by atoms with Crippen LogP contribution in [0.25, 0.3) is 11.0 Å². The van der Waals surface area contributed by atoms with E-state index in [4.69, 9.17) is 11.6 Å². The molecule has 14 heavy (non-hydrogen) atoms. The van der Waals surface area contributed by atoms with Gasteiger partial charge in [-0.15, -0.1) is 0 Å². The molecule has 0 spiro atoms. The Labute approximate surface area is 85.3 Å². The Bertz CT molecular complexity index is 502. The summed E-state index contributed by atoms with van der Waals surface area (Å²) in [6, 6.07) is 5.23. The van der Waals surface area contributed by atoms with E-state index in [1.54, 1.807) is 16.7 Å². The molecule has 0 unspecified atom stereocenters. The van der Waals surface area contributed by atoms with Crippen molar-refractivity contribution < 1.29 is 4.39 Å². The lowest BCUT2D eigenvalue weighted by molar-refractivity contribution is 0.624. The molecule has 1 aromatic carbocycles. The van der Waals surface area contributed by atoms with Gasteiger partial charge in [-0.1, -0.05) is 6.07 Å². The van der Waals surface area contributed by atoms with Crippen molar-refractivity contribution in [3.8, 4) is 0 Å². The molecule has 1 aliphatic rings. The first-order valence-electron chi connectivity index (χ1n) is 4.59. The smallest absolute Gasteiger partial charge is 0.204 e. The van der Waals surface area contributed by atoms with Crippen LogP contribution in [-0.2, 0) is 0 Å². The number of rotatable bonds is 1. The van der Waals surface area contributed by atoms with Gasteiger partial charge in [-0.2, -0.15) is 0 Å². The molecule has 0 saturated heterocycles. The molecular formula is C10H8ClFN2. The third-order valence-corrected chi connectivity index (χ3v) is 2.80. The lowest BCUT2D eigenvalue weighted by Gasteiger charge is -2.02. The molecule has 1 aliphatic carbocycles. The summed E-state index contributed by atoms with van der Waals surface area (Å²) in [5.74, 6) is -0.242. The van der Waals surface area contributed by atoms with E-state index >= 15 is 0 Å². The highest BCUT2D eigenvalue weighted by atomic mass is 35.5. The second-order valence-electron chi connectivity index (χ2n) is 3.59. The molecule has 0 radical (unpaired) electrons. The van der Waals surface area contributed by atoms with Gasteiger partial charge in [0.1, 0.15) is 11.3 Å². The minimum Gasteiger partial charge on any atom is -0.309 e. The number of hydrogen-bond acceptors (Lipinski definition) is 1. The number of hydrogen-bond donors (Lipinski definition) is 0. The third-order valence-electron chi connectivity index (χ3n) is 2.53. The predicted octanol–water partition coefficient (Wildman–Crippen LogP) is 3.16. The van der Waals surface area contributed by atoms with Gasteiger partial charge >= 0.3 is 0 Å². The monoisotopic (exact) mass is 210 g/mol. The first-order chi connectivity index (χ1) is 6.77. The normalized spacial score (nSPS) is 16.4. The van der Waals surface area contributed by atoms with Crippen molar-refractivity contribution in [3.05, 3.63) is 29.3 Å². The highest BCUT2D eigenvalue weighted by Crippen LogP contribution is 2.40. The molecule has 4 heteroatoms. The Morgan fingerprint density at radius 3 is 2.93 bits per heavy atom. The van der Waals surface area contributed by atoms with E-state index in [0.717, 1.165) is 12.8 Å². The lowest BCUT2D eigenvalue weighted by atomic mass is 10.3. The van der Waals surface area contributed by atoms with Gasteiger partial charge in [0.15, 0.2) is 0 Å². The fourth-order valence-electron chi connectivity index (χ4n) is 1.74. The van der Waals surface area contributed by atoms with Crippen LogP contribution in [0.1, 0.15) is 18.9 Å². The largest absolute Gasteiger partial charge is 0.309 e. The van der Waals surface area contributed by atoms with Crippen molar-refractivity contribution in [2.75, 3.05) is 0 Å². The minimum absolute atomic E-state index is 0.242. The van der Waals surface area contributed by atoms with Crippen LogP contribution in [0.15, 0.2) is 18.2 Å². The number of imidazole rings is 1. The van der Waals surface area contributed by atoms with Crippen LogP contribution in [0, 0.1) is 5.82 Å². The van der Waals surface area contributed by atoms with E-state index in [1.165, 1.54) is 6.07 Å². The van der Waals surface area contributed by atoms with Gasteiger partial charge in [0.25, 0.3) is 0 Å². The molecule has 0 aliphatic heterocycles. The van der Waals surface area contributed by atoms with Crippen LogP contribution in [0.3, 0.4) is 0 Å². The van der Waals surface area contributed by atoms with Gasteiger partial charge < -0.3 is 4.57 Å². The summed E-state index contributed by atoms with van der Waals surface area (Å²) in [6.45, 7) is 0. The van der Waals surface area contributed by atoms with Crippen LogP contribution < -0.4 is 0 Å². The maximum absolute atomic E-state index is 13.5. The SMILES string of the molecule is Fc1cccc2nc(Cl)n(C3CC3)c12. The van der Waals surface area contributed by atoms with E-state index in [2.05, 4.69) is 4.98 Å². The molecule has 1 heterocycles. The fourth-order valence-corrected chi connectivity index (χ4v) is 2.06. The number of fused-ring (bicyclic) bond motifs is 1. The summed E-state index contributed by atoms with van der Waals surface area (Å²) in [6.07, 6.45) is 2.14. The fraction of sp³-hybridized carbons (Fsp3) is 0.300. The van der Waals surface area contributed by atoms with Crippen molar-refractivity contribution in [2.24, 2.45) is 0 Å². The molecule has 2 aromatic rings. The number of halogens is 2. The van der Waals surface area contributed by atoms with Gasteiger partial charge in [0, 0.05) is 6.04 Å². The molecule has 0 N–H and O–H groups in total. The van der Waals surface area contributed by atoms with Gasteiger partial charge in [-0.25, -0.2) is 9.37 Å². The van der Waals surface area contributed by atoms with Gasteiger partial charge in [0.05, 0.1) is 5.52 Å². The summed E-state index contributed by atoms with van der Waals surface area (Å²) in [5, 5.41) is 0.396. The number of benzene rings is 1. The van der Waals surface area contributed by atoms with E-state index in [1.807, 2.05) is 0 Å². The number of para-hydroxylation sites is 1. The molecule has 3 rings (SSSR count). The quantitative estimate of drug-likeness (QED) is 0.707. The number of nitrogens with zero attached hydrogens (tertiary/aromatic N) is 2. The Morgan fingerprint density at radius 2 is 2.21 bits per heavy atom. The highest BCUT2D eigenvalue weighted by molar-refractivity contribution is 6.29. The van der Waals surface area contributed by atoms with Crippen LogP contribution in [0.2, 0.25) is 5.28 Å². The highest BCUT2D eigenvalue weighted by Gasteiger charge is 2.28. The zero-order chi connectivity index (χ0) is 9.71. The Balaban J connectivity index is 2.39. The Hall–Kier alpha value is -1.09. The third kappa shape index (κ3) is 1.05. The van der Waals surface area contributed by atoms with E-state index in [-0.39, 0.29) is 5.82 Å². The molecule has 72 valence electrons. The first kappa shape index (κ1) is 8.24. The van der Waals surface area contributed by atoms with Crippen LogP contribution in [0.4, 0.5) is 4.39 Å². The van der Waals surface area contributed by atoms with E-state index < -0.39 is 0 Å². The Morgan fingerprint density at radius 1 is 1.43 bits per heavy atom. The zero-order valence-electron chi connectivity index (χ0n) is 7.37. The standard InChI is InChI=1S/C10H8ClFN2/c11-10-13-8-3-1-2-7(12)9(8)14(10)6-4-5-6/h1-3,6H,4-5H2. The van der Waals surface area contributed by atoms with Crippen molar-refractivity contribution in [3.63, 3.8) is 0 Å². The summed E-state index contributed by atoms with van der Waals surface area (Å²) in [7, 11) is 0. The second kappa shape index (κ2) is 2.70. The molecule has 0 amide bonds. The summed E-state index contributed by atoms with van der Waals surface area (Å²) in [4.78, 5) is 4.12. The van der Waals surface area contributed by atoms with Crippen molar-refractivity contribution in [2.45, 2.75) is 18.9 Å².